The number of benzene rings is 1. The number of amides is 1. The molecule has 0 unspecified atom stereocenters. The van der Waals surface area contributed by atoms with Crippen molar-refractivity contribution in [2.75, 3.05) is 0 Å². The lowest BCUT2D eigenvalue weighted by Gasteiger charge is -2.29. The summed E-state index contributed by atoms with van der Waals surface area (Å²) < 4.78 is 19.4. The van der Waals surface area contributed by atoms with Crippen molar-refractivity contribution in [2.24, 2.45) is 11.7 Å². The average Bonchev–Trinajstić information content (AvgIpc) is 3.02. The van der Waals surface area contributed by atoms with E-state index < -0.39 is 0 Å². The normalized spacial score (nSPS) is 21.3. The molecule has 1 aromatic heterocycles. The summed E-state index contributed by atoms with van der Waals surface area (Å²) >= 11 is 0. The molecule has 2 atom stereocenters. The lowest BCUT2D eigenvalue weighted by atomic mass is 9.84. The third kappa shape index (κ3) is 3.59. The van der Waals surface area contributed by atoms with Crippen LogP contribution in [-0.4, -0.2) is 16.9 Å². The van der Waals surface area contributed by atoms with Crippen LogP contribution < -0.4 is 11.1 Å². The Labute approximate surface area is 134 Å². The van der Waals surface area contributed by atoms with Gasteiger partial charge in [-0.1, -0.05) is 25.0 Å². The second kappa shape index (κ2) is 6.91. The summed E-state index contributed by atoms with van der Waals surface area (Å²) in [4.78, 5) is 15.7. The highest BCUT2D eigenvalue weighted by Gasteiger charge is 2.29. The fourth-order valence-electron chi connectivity index (χ4n) is 3.11. The SMILES string of the molecule is NC(=O)[C@H]1CCCC[C@H]1NCc1ncc(-c2ccccc2F)o1. The van der Waals surface area contributed by atoms with Gasteiger partial charge in [-0.05, 0) is 25.0 Å². The molecule has 3 rings (SSSR count). The molecule has 1 aliphatic carbocycles. The first-order valence-electron chi connectivity index (χ1n) is 7.87. The molecule has 0 aliphatic heterocycles. The number of oxazole rings is 1. The first-order chi connectivity index (χ1) is 11.1. The van der Waals surface area contributed by atoms with Gasteiger partial charge in [-0.25, -0.2) is 9.37 Å². The molecule has 0 spiro atoms. The maximum absolute atomic E-state index is 13.7. The number of nitrogens with two attached hydrogens (primary N) is 1. The molecule has 1 aliphatic rings. The molecular formula is C17H20FN3O2. The minimum absolute atomic E-state index is 0.0464. The zero-order chi connectivity index (χ0) is 16.2. The van der Waals surface area contributed by atoms with Crippen molar-refractivity contribution < 1.29 is 13.6 Å². The smallest absolute Gasteiger partial charge is 0.222 e. The average molecular weight is 317 g/mol. The Morgan fingerprint density at radius 2 is 2.13 bits per heavy atom. The Bertz CT molecular complexity index is 686. The molecule has 122 valence electrons. The van der Waals surface area contributed by atoms with Crippen molar-refractivity contribution in [3.8, 4) is 11.3 Å². The van der Waals surface area contributed by atoms with Gasteiger partial charge in [0.2, 0.25) is 11.8 Å². The van der Waals surface area contributed by atoms with Gasteiger partial charge in [0.25, 0.3) is 0 Å². The number of aromatic nitrogens is 1. The maximum atomic E-state index is 13.7. The van der Waals surface area contributed by atoms with E-state index in [1.807, 2.05) is 0 Å². The van der Waals surface area contributed by atoms with Crippen LogP contribution in [0.25, 0.3) is 11.3 Å². The Hall–Kier alpha value is -2.21. The summed E-state index contributed by atoms with van der Waals surface area (Å²) in [5.41, 5.74) is 5.85. The number of carbonyl (C=O) groups excluding carboxylic acids is 1. The third-order valence-corrected chi connectivity index (χ3v) is 4.34. The molecule has 0 radical (unpaired) electrons. The summed E-state index contributed by atoms with van der Waals surface area (Å²) in [6.07, 6.45) is 5.35. The van der Waals surface area contributed by atoms with Crippen LogP contribution in [0.1, 0.15) is 31.6 Å². The number of nitrogens with one attached hydrogen (secondary N) is 1. The molecule has 3 N–H and O–H groups in total. The fraction of sp³-hybridized carbons (Fsp3) is 0.412. The quantitative estimate of drug-likeness (QED) is 0.888. The number of primary amides is 1. The number of carbonyl (C=O) groups is 1. The van der Waals surface area contributed by atoms with Crippen molar-refractivity contribution in [3.05, 3.63) is 42.2 Å². The van der Waals surface area contributed by atoms with Crippen molar-refractivity contribution >= 4 is 5.91 Å². The molecule has 0 bridgehead atoms. The van der Waals surface area contributed by atoms with Crippen molar-refractivity contribution in [2.45, 2.75) is 38.3 Å². The van der Waals surface area contributed by atoms with Gasteiger partial charge in [-0.2, -0.15) is 0 Å². The van der Waals surface area contributed by atoms with Crippen LogP contribution in [0.2, 0.25) is 0 Å². The zero-order valence-electron chi connectivity index (χ0n) is 12.8. The highest BCUT2D eigenvalue weighted by molar-refractivity contribution is 5.77. The second-order valence-corrected chi connectivity index (χ2v) is 5.88. The van der Waals surface area contributed by atoms with Gasteiger partial charge in [-0.15, -0.1) is 0 Å². The molecule has 1 aromatic carbocycles. The van der Waals surface area contributed by atoms with Crippen LogP contribution in [0.15, 0.2) is 34.9 Å². The van der Waals surface area contributed by atoms with Crippen LogP contribution in [0.3, 0.4) is 0 Å². The molecule has 1 amide bonds. The van der Waals surface area contributed by atoms with Gasteiger partial charge < -0.3 is 15.5 Å². The Morgan fingerprint density at radius 1 is 1.35 bits per heavy atom. The van der Waals surface area contributed by atoms with Gasteiger partial charge in [0, 0.05) is 6.04 Å². The van der Waals surface area contributed by atoms with E-state index >= 15 is 0 Å². The summed E-state index contributed by atoms with van der Waals surface area (Å²) in [7, 11) is 0. The summed E-state index contributed by atoms with van der Waals surface area (Å²) in [5.74, 6) is 0.114. The predicted octanol–water partition coefficient (Wildman–Crippen LogP) is 2.61. The second-order valence-electron chi connectivity index (χ2n) is 5.88. The van der Waals surface area contributed by atoms with E-state index in [-0.39, 0.29) is 23.7 Å². The lowest BCUT2D eigenvalue weighted by molar-refractivity contribution is -0.123. The van der Waals surface area contributed by atoms with Crippen LogP contribution >= 0.6 is 0 Å². The molecule has 2 aromatic rings. The summed E-state index contributed by atoms with van der Waals surface area (Å²) in [6.45, 7) is 0.392. The van der Waals surface area contributed by atoms with Crippen molar-refractivity contribution in [1.82, 2.24) is 10.3 Å². The number of hydrogen-bond donors (Lipinski definition) is 2. The van der Waals surface area contributed by atoms with Gasteiger partial charge in [0.05, 0.1) is 24.2 Å². The van der Waals surface area contributed by atoms with E-state index in [1.54, 1.807) is 18.2 Å². The topological polar surface area (TPSA) is 81.2 Å². The Morgan fingerprint density at radius 3 is 2.91 bits per heavy atom. The van der Waals surface area contributed by atoms with Gasteiger partial charge in [-0.3, -0.25) is 4.79 Å². The highest BCUT2D eigenvalue weighted by atomic mass is 19.1. The van der Waals surface area contributed by atoms with E-state index in [1.165, 1.54) is 12.3 Å². The molecule has 23 heavy (non-hydrogen) atoms. The van der Waals surface area contributed by atoms with Crippen LogP contribution in [0.5, 0.6) is 0 Å². The fourth-order valence-corrected chi connectivity index (χ4v) is 3.11. The minimum atomic E-state index is -0.343. The first kappa shape index (κ1) is 15.7. The van der Waals surface area contributed by atoms with E-state index in [0.717, 1.165) is 25.7 Å². The summed E-state index contributed by atoms with van der Waals surface area (Å²) in [5, 5.41) is 3.30. The molecule has 1 heterocycles. The van der Waals surface area contributed by atoms with Gasteiger partial charge >= 0.3 is 0 Å². The first-order valence-corrected chi connectivity index (χ1v) is 7.87. The lowest BCUT2D eigenvalue weighted by Crippen LogP contribution is -2.44. The van der Waals surface area contributed by atoms with E-state index in [2.05, 4.69) is 10.3 Å². The third-order valence-electron chi connectivity index (χ3n) is 4.34. The number of nitrogens with zero attached hydrogens (tertiary/aromatic N) is 1. The molecule has 0 saturated heterocycles. The predicted molar refractivity (Wildman–Crippen MR) is 83.7 cm³/mol. The van der Waals surface area contributed by atoms with E-state index in [9.17, 15) is 9.18 Å². The number of halogens is 1. The monoisotopic (exact) mass is 317 g/mol. The minimum Gasteiger partial charge on any atom is -0.439 e. The van der Waals surface area contributed by atoms with Crippen LogP contribution in [0.4, 0.5) is 4.39 Å². The molecule has 6 heteroatoms. The van der Waals surface area contributed by atoms with E-state index in [0.29, 0.717) is 23.8 Å². The maximum Gasteiger partial charge on any atom is 0.222 e. The van der Waals surface area contributed by atoms with E-state index in [4.69, 9.17) is 10.2 Å². The summed E-state index contributed by atoms with van der Waals surface area (Å²) in [6, 6.07) is 6.46. The number of rotatable bonds is 5. The molecule has 1 fully saturated rings. The van der Waals surface area contributed by atoms with Crippen LogP contribution in [0, 0.1) is 11.7 Å². The molecule has 5 nitrogen and oxygen atoms in total. The van der Waals surface area contributed by atoms with Gasteiger partial charge in [0.15, 0.2) is 5.76 Å². The number of hydrogen-bond acceptors (Lipinski definition) is 4. The molecular weight excluding hydrogens is 297 g/mol. The largest absolute Gasteiger partial charge is 0.439 e. The standard InChI is InChI=1S/C17H20FN3O2/c18-13-7-3-1-5-11(13)15-9-21-16(23-15)10-20-14-8-4-2-6-12(14)17(19)22/h1,3,5,7,9,12,14,20H,2,4,6,8,10H2,(H2,19,22)/t12-,14+/m0/s1. The van der Waals surface area contributed by atoms with Gasteiger partial charge in [0.1, 0.15) is 5.82 Å². The zero-order valence-corrected chi connectivity index (χ0v) is 12.8. The highest BCUT2D eigenvalue weighted by Crippen LogP contribution is 2.26. The van der Waals surface area contributed by atoms with Crippen molar-refractivity contribution in [3.63, 3.8) is 0 Å². The van der Waals surface area contributed by atoms with Crippen LogP contribution in [-0.2, 0) is 11.3 Å². The Kier molecular flexibility index (Phi) is 4.71. The Balaban J connectivity index is 1.65. The molecule has 1 saturated carbocycles. The van der Waals surface area contributed by atoms with Crippen molar-refractivity contribution in [1.29, 1.82) is 0 Å².